The molecule has 0 fully saturated rings. The van der Waals surface area contributed by atoms with Crippen LogP contribution in [0.1, 0.15) is 25.3 Å². The fraction of sp³-hybridized carbons (Fsp3) is 0.316. The number of aryl methyl sites for hydroxylation is 1. The third kappa shape index (κ3) is 4.71. The maximum atomic E-state index is 12.6. The Bertz CT molecular complexity index is 1020. The molecule has 7 nitrogen and oxygen atoms in total. The summed E-state index contributed by atoms with van der Waals surface area (Å²) in [6, 6.07) is 8.19. The highest BCUT2D eigenvalue weighted by Crippen LogP contribution is 2.38. The Balaban J connectivity index is 1.67. The number of thioether (sulfide) groups is 1. The van der Waals surface area contributed by atoms with E-state index in [0.717, 1.165) is 10.5 Å². The molecular formula is C19H21N3O4S2. The lowest BCUT2D eigenvalue weighted by Gasteiger charge is -2.23. The minimum Gasteiger partial charge on any atom is -0.324 e. The number of anilines is 2. The highest BCUT2D eigenvalue weighted by atomic mass is 32.2. The lowest BCUT2D eigenvalue weighted by molar-refractivity contribution is -0.116. The zero-order chi connectivity index (χ0) is 20.3. The second kappa shape index (κ2) is 8.32. The van der Waals surface area contributed by atoms with Crippen LogP contribution in [0.4, 0.5) is 11.5 Å². The van der Waals surface area contributed by atoms with Crippen molar-refractivity contribution in [2.24, 2.45) is 0 Å². The van der Waals surface area contributed by atoms with Gasteiger partial charge in [0, 0.05) is 17.5 Å². The van der Waals surface area contributed by atoms with Crippen molar-refractivity contribution in [2.75, 3.05) is 16.4 Å². The van der Waals surface area contributed by atoms with E-state index in [-0.39, 0.29) is 28.2 Å². The Morgan fingerprint density at radius 2 is 2.07 bits per heavy atom. The van der Waals surface area contributed by atoms with Gasteiger partial charge in [0.15, 0.2) is 9.84 Å². The second-order valence-corrected chi connectivity index (χ2v) is 9.85. The van der Waals surface area contributed by atoms with Crippen LogP contribution in [0, 0.1) is 6.92 Å². The molecule has 148 valence electrons. The number of carbonyl (C=O) groups is 2. The quantitative estimate of drug-likeness (QED) is 0.746. The summed E-state index contributed by atoms with van der Waals surface area (Å²) < 4.78 is 25.2. The molecule has 1 aromatic heterocycles. The Hall–Kier alpha value is -2.39. The van der Waals surface area contributed by atoms with Gasteiger partial charge in [-0.25, -0.2) is 13.4 Å². The van der Waals surface area contributed by atoms with Gasteiger partial charge in [0.05, 0.1) is 21.6 Å². The lowest BCUT2D eigenvalue weighted by atomic mass is 10.2. The molecule has 0 aliphatic carbocycles. The minimum atomic E-state index is -3.67. The maximum Gasteiger partial charge on any atom is 0.237 e. The van der Waals surface area contributed by atoms with E-state index in [0.29, 0.717) is 17.9 Å². The van der Waals surface area contributed by atoms with Crippen LogP contribution in [0.5, 0.6) is 0 Å². The highest BCUT2D eigenvalue weighted by molar-refractivity contribution is 8.01. The first-order valence-electron chi connectivity index (χ1n) is 8.85. The molecule has 9 heteroatoms. The molecule has 1 aliphatic heterocycles. The highest BCUT2D eigenvalue weighted by Gasteiger charge is 2.27. The van der Waals surface area contributed by atoms with Crippen molar-refractivity contribution in [1.29, 1.82) is 0 Å². The van der Waals surface area contributed by atoms with Gasteiger partial charge < -0.3 is 10.6 Å². The fourth-order valence-electron chi connectivity index (χ4n) is 2.75. The molecule has 1 atom stereocenters. The van der Waals surface area contributed by atoms with Gasteiger partial charge in [0.1, 0.15) is 5.82 Å². The van der Waals surface area contributed by atoms with E-state index in [1.54, 1.807) is 24.4 Å². The van der Waals surface area contributed by atoms with Gasteiger partial charge in [-0.3, -0.25) is 9.59 Å². The summed E-state index contributed by atoms with van der Waals surface area (Å²) in [7, 11) is -3.67. The van der Waals surface area contributed by atoms with Gasteiger partial charge in [-0.1, -0.05) is 6.92 Å². The van der Waals surface area contributed by atoms with Crippen molar-refractivity contribution < 1.29 is 18.0 Å². The largest absolute Gasteiger partial charge is 0.324 e. The SMILES string of the molecule is CC[C@H]1Sc2ccc(S(=O)(=O)CCC(=O)Nc3cc(C)ccn3)cc2NC1=O. The topological polar surface area (TPSA) is 105 Å². The Morgan fingerprint density at radius 3 is 2.79 bits per heavy atom. The molecule has 0 saturated heterocycles. The van der Waals surface area contributed by atoms with Gasteiger partial charge in [-0.15, -0.1) is 11.8 Å². The average Bonchev–Trinajstić information content (AvgIpc) is 2.65. The molecular weight excluding hydrogens is 398 g/mol. The summed E-state index contributed by atoms with van der Waals surface area (Å²) in [6.45, 7) is 3.80. The Morgan fingerprint density at radius 1 is 1.29 bits per heavy atom. The summed E-state index contributed by atoms with van der Waals surface area (Å²) in [5.41, 5.74) is 1.44. The van der Waals surface area contributed by atoms with Crippen molar-refractivity contribution in [3.05, 3.63) is 42.1 Å². The molecule has 0 bridgehead atoms. The normalized spacial score (nSPS) is 16.2. The van der Waals surface area contributed by atoms with Gasteiger partial charge in [0.2, 0.25) is 11.8 Å². The van der Waals surface area contributed by atoms with Crippen LogP contribution < -0.4 is 10.6 Å². The number of fused-ring (bicyclic) bond motifs is 1. The first kappa shape index (κ1) is 20.3. The Kier molecular flexibility index (Phi) is 6.04. The predicted octanol–water partition coefficient (Wildman–Crippen LogP) is 3.02. The summed E-state index contributed by atoms with van der Waals surface area (Å²) in [4.78, 5) is 29.0. The molecule has 2 heterocycles. The lowest BCUT2D eigenvalue weighted by Crippen LogP contribution is -2.28. The first-order valence-corrected chi connectivity index (χ1v) is 11.4. The molecule has 0 saturated carbocycles. The van der Waals surface area contributed by atoms with Crippen LogP contribution in [0.3, 0.4) is 0 Å². The predicted molar refractivity (Wildman–Crippen MR) is 109 cm³/mol. The van der Waals surface area contributed by atoms with Crippen molar-refractivity contribution in [2.45, 2.75) is 41.7 Å². The van der Waals surface area contributed by atoms with Crippen LogP contribution in [-0.4, -0.2) is 36.2 Å². The number of nitrogens with one attached hydrogen (secondary N) is 2. The summed E-state index contributed by atoms with van der Waals surface area (Å²) >= 11 is 1.43. The van der Waals surface area contributed by atoms with Crippen molar-refractivity contribution >= 4 is 44.9 Å². The van der Waals surface area contributed by atoms with Crippen molar-refractivity contribution in [3.63, 3.8) is 0 Å². The summed E-state index contributed by atoms with van der Waals surface area (Å²) in [6.07, 6.45) is 2.08. The van der Waals surface area contributed by atoms with E-state index in [4.69, 9.17) is 0 Å². The third-order valence-corrected chi connectivity index (χ3v) is 7.44. The molecule has 1 aromatic carbocycles. The van der Waals surface area contributed by atoms with Crippen molar-refractivity contribution in [1.82, 2.24) is 4.98 Å². The van der Waals surface area contributed by atoms with E-state index in [1.807, 2.05) is 13.8 Å². The molecule has 28 heavy (non-hydrogen) atoms. The average molecular weight is 420 g/mol. The number of aromatic nitrogens is 1. The van der Waals surface area contributed by atoms with E-state index < -0.39 is 15.7 Å². The third-order valence-electron chi connectivity index (χ3n) is 4.28. The Labute approximate surface area is 168 Å². The molecule has 3 rings (SSSR count). The number of benzene rings is 1. The number of pyridine rings is 1. The zero-order valence-corrected chi connectivity index (χ0v) is 17.2. The summed E-state index contributed by atoms with van der Waals surface area (Å²) in [5.74, 6) is -0.488. The molecule has 2 N–H and O–H groups in total. The van der Waals surface area contributed by atoms with E-state index in [2.05, 4.69) is 15.6 Å². The second-order valence-electron chi connectivity index (χ2n) is 6.50. The zero-order valence-electron chi connectivity index (χ0n) is 15.6. The summed E-state index contributed by atoms with van der Waals surface area (Å²) in [5, 5.41) is 5.19. The van der Waals surface area contributed by atoms with Gasteiger partial charge in [-0.05, 0) is 49.2 Å². The van der Waals surface area contributed by atoms with Crippen LogP contribution >= 0.6 is 11.8 Å². The standard InChI is InChI=1S/C19H21N3O4S2/c1-3-15-19(24)21-14-11-13(4-5-16(14)27-15)28(25,26)9-7-18(23)22-17-10-12(2)6-8-20-17/h4-6,8,10-11,15H,3,7,9H2,1-2H3,(H,21,24)(H,20,22,23)/t15-/m1/s1. The maximum absolute atomic E-state index is 12.6. The van der Waals surface area contributed by atoms with Crippen molar-refractivity contribution in [3.8, 4) is 0 Å². The number of hydrogen-bond acceptors (Lipinski definition) is 6. The monoisotopic (exact) mass is 419 g/mol. The number of carbonyl (C=O) groups excluding carboxylic acids is 2. The molecule has 0 unspecified atom stereocenters. The van der Waals surface area contributed by atoms with Crippen LogP contribution in [-0.2, 0) is 19.4 Å². The smallest absolute Gasteiger partial charge is 0.237 e. The van der Waals surface area contributed by atoms with Gasteiger partial charge in [-0.2, -0.15) is 0 Å². The molecule has 0 radical (unpaired) electrons. The molecule has 0 spiro atoms. The van der Waals surface area contributed by atoms with Crippen LogP contribution in [0.25, 0.3) is 0 Å². The number of amides is 2. The number of hydrogen-bond donors (Lipinski definition) is 2. The number of rotatable bonds is 6. The first-order chi connectivity index (χ1) is 13.3. The number of nitrogens with zero attached hydrogens (tertiary/aromatic N) is 1. The molecule has 2 amide bonds. The van der Waals surface area contributed by atoms with Gasteiger partial charge >= 0.3 is 0 Å². The van der Waals surface area contributed by atoms with Gasteiger partial charge in [0.25, 0.3) is 0 Å². The molecule has 1 aliphatic rings. The minimum absolute atomic E-state index is 0.0866. The van der Waals surface area contributed by atoms with E-state index >= 15 is 0 Å². The van der Waals surface area contributed by atoms with Crippen LogP contribution in [0.2, 0.25) is 0 Å². The van der Waals surface area contributed by atoms with E-state index in [1.165, 1.54) is 23.9 Å². The molecule has 2 aromatic rings. The fourth-order valence-corrected chi connectivity index (χ4v) is 5.03. The number of sulfone groups is 1. The van der Waals surface area contributed by atoms with E-state index in [9.17, 15) is 18.0 Å². The van der Waals surface area contributed by atoms with Crippen LogP contribution in [0.15, 0.2) is 46.3 Å².